The smallest absolute Gasteiger partial charge is 0.417 e. The lowest BCUT2D eigenvalue weighted by molar-refractivity contribution is -0.135. The number of imide groups is 1. The minimum atomic E-state index is -1.68. The summed E-state index contributed by atoms with van der Waals surface area (Å²) in [4.78, 5) is 24.6. The molecule has 1 heterocycles. The number of cyclic esters (lactones) is 1. The number of hydrogen-bond acceptors (Lipinski definition) is 3. The highest BCUT2D eigenvalue weighted by Crippen LogP contribution is 2.21. The summed E-state index contributed by atoms with van der Waals surface area (Å²) in [6.45, 7) is 3.33. The van der Waals surface area contributed by atoms with Crippen molar-refractivity contribution in [2.45, 2.75) is 32.5 Å². The van der Waals surface area contributed by atoms with E-state index in [-0.39, 0.29) is 6.61 Å². The number of benzene rings is 1. The Morgan fingerprint density at radius 1 is 1.40 bits per heavy atom. The highest BCUT2D eigenvalue weighted by Gasteiger charge is 2.41. The summed E-state index contributed by atoms with van der Waals surface area (Å²) < 4.78 is 18.8. The first-order chi connectivity index (χ1) is 9.50. The van der Waals surface area contributed by atoms with Gasteiger partial charge in [-0.1, -0.05) is 44.2 Å². The molecule has 0 unspecified atom stereocenters. The molecule has 1 fully saturated rings. The van der Waals surface area contributed by atoms with Crippen LogP contribution in [-0.2, 0) is 16.0 Å². The lowest BCUT2D eigenvalue weighted by atomic mass is 10.0. The van der Waals surface area contributed by atoms with Gasteiger partial charge in [0.05, 0.1) is 6.04 Å². The maximum Gasteiger partial charge on any atom is 0.417 e. The van der Waals surface area contributed by atoms with Crippen molar-refractivity contribution in [1.82, 2.24) is 4.90 Å². The summed E-state index contributed by atoms with van der Waals surface area (Å²) in [7, 11) is 0. The second kappa shape index (κ2) is 6.03. The molecule has 1 aliphatic rings. The molecule has 0 N–H and O–H groups in total. The molecule has 0 saturated carbocycles. The molecule has 5 heteroatoms. The second-order valence-corrected chi connectivity index (χ2v) is 5.27. The number of halogens is 1. The zero-order valence-corrected chi connectivity index (χ0v) is 11.6. The molecule has 2 amide bonds. The lowest BCUT2D eigenvalue weighted by Gasteiger charge is -2.22. The fourth-order valence-electron chi connectivity index (χ4n) is 2.18. The minimum Gasteiger partial charge on any atom is -0.447 e. The number of alkyl halides is 1. The fourth-order valence-corrected chi connectivity index (χ4v) is 2.18. The van der Waals surface area contributed by atoms with Gasteiger partial charge in [-0.15, -0.1) is 0 Å². The maximum atomic E-state index is 13.9. The SMILES string of the molecule is CC(C)[C@@H](F)C(=O)N1C(=O)OC[C@H]1Cc1ccccc1. The van der Waals surface area contributed by atoms with Gasteiger partial charge in [0.25, 0.3) is 5.91 Å². The molecule has 1 saturated heterocycles. The molecule has 20 heavy (non-hydrogen) atoms. The van der Waals surface area contributed by atoms with Crippen LogP contribution < -0.4 is 0 Å². The third-order valence-corrected chi connectivity index (χ3v) is 3.33. The van der Waals surface area contributed by atoms with Crippen LogP contribution in [0.4, 0.5) is 9.18 Å². The van der Waals surface area contributed by atoms with Crippen LogP contribution in [0.2, 0.25) is 0 Å². The van der Waals surface area contributed by atoms with Gasteiger partial charge in [0.2, 0.25) is 0 Å². The topological polar surface area (TPSA) is 46.6 Å². The molecule has 0 bridgehead atoms. The molecule has 0 spiro atoms. The first kappa shape index (κ1) is 14.5. The Morgan fingerprint density at radius 2 is 2.05 bits per heavy atom. The average molecular weight is 279 g/mol. The molecule has 0 radical (unpaired) electrons. The van der Waals surface area contributed by atoms with Crippen LogP contribution in [-0.4, -0.2) is 35.7 Å². The van der Waals surface area contributed by atoms with Gasteiger partial charge < -0.3 is 4.74 Å². The zero-order chi connectivity index (χ0) is 14.7. The monoisotopic (exact) mass is 279 g/mol. The van der Waals surface area contributed by atoms with E-state index in [4.69, 9.17) is 4.74 Å². The van der Waals surface area contributed by atoms with Crippen molar-refractivity contribution in [3.05, 3.63) is 35.9 Å². The van der Waals surface area contributed by atoms with Crippen LogP contribution in [0, 0.1) is 5.92 Å². The summed E-state index contributed by atoms with van der Waals surface area (Å²) in [5.41, 5.74) is 0.980. The number of rotatable bonds is 4. The summed E-state index contributed by atoms with van der Waals surface area (Å²) in [6.07, 6.45) is -1.96. The Labute approximate surface area is 117 Å². The largest absolute Gasteiger partial charge is 0.447 e. The van der Waals surface area contributed by atoms with Crippen LogP contribution in [0.25, 0.3) is 0 Å². The van der Waals surface area contributed by atoms with E-state index in [2.05, 4.69) is 0 Å². The van der Waals surface area contributed by atoms with Gasteiger partial charge in [-0.25, -0.2) is 14.1 Å². The van der Waals surface area contributed by atoms with Crippen LogP contribution in [0.15, 0.2) is 30.3 Å². The quantitative estimate of drug-likeness (QED) is 0.851. The van der Waals surface area contributed by atoms with Crippen molar-refractivity contribution in [3.8, 4) is 0 Å². The van der Waals surface area contributed by atoms with E-state index in [9.17, 15) is 14.0 Å². The van der Waals surface area contributed by atoms with E-state index in [0.29, 0.717) is 6.42 Å². The molecule has 0 aromatic heterocycles. The molecule has 1 aliphatic heterocycles. The third-order valence-electron chi connectivity index (χ3n) is 3.33. The first-order valence-corrected chi connectivity index (χ1v) is 6.68. The number of carbonyl (C=O) groups excluding carboxylic acids is 2. The van der Waals surface area contributed by atoms with Crippen LogP contribution >= 0.6 is 0 Å². The predicted molar refractivity (Wildman–Crippen MR) is 71.9 cm³/mol. The van der Waals surface area contributed by atoms with E-state index < -0.39 is 30.1 Å². The Hall–Kier alpha value is -1.91. The molecule has 0 aliphatic carbocycles. The molecule has 2 rings (SSSR count). The predicted octanol–water partition coefficient (Wildman–Crippen LogP) is 2.57. The van der Waals surface area contributed by atoms with Gasteiger partial charge in [-0.3, -0.25) is 4.79 Å². The fraction of sp³-hybridized carbons (Fsp3) is 0.467. The van der Waals surface area contributed by atoms with E-state index in [1.807, 2.05) is 30.3 Å². The van der Waals surface area contributed by atoms with Crippen LogP contribution in [0.5, 0.6) is 0 Å². The molecule has 1 aromatic carbocycles. The van der Waals surface area contributed by atoms with Crippen LogP contribution in [0.3, 0.4) is 0 Å². The molecule has 4 nitrogen and oxygen atoms in total. The van der Waals surface area contributed by atoms with Crippen molar-refractivity contribution >= 4 is 12.0 Å². The van der Waals surface area contributed by atoms with Gasteiger partial charge >= 0.3 is 6.09 Å². The standard InChI is InChI=1S/C15H18FNO3/c1-10(2)13(16)14(18)17-12(9-20-15(17)19)8-11-6-4-3-5-7-11/h3-7,10,12-13H,8-9H2,1-2H3/t12-,13-/m1/s1. The van der Waals surface area contributed by atoms with Gasteiger partial charge in [0, 0.05) is 0 Å². The van der Waals surface area contributed by atoms with Crippen molar-refractivity contribution in [2.24, 2.45) is 5.92 Å². The van der Waals surface area contributed by atoms with Gasteiger partial charge in [-0.05, 0) is 17.9 Å². The van der Waals surface area contributed by atoms with Crippen molar-refractivity contribution < 1.29 is 18.7 Å². The van der Waals surface area contributed by atoms with Crippen molar-refractivity contribution in [2.75, 3.05) is 6.61 Å². The minimum absolute atomic E-state index is 0.115. The third kappa shape index (κ3) is 2.98. The van der Waals surface area contributed by atoms with Gasteiger partial charge in [0.1, 0.15) is 6.61 Å². The lowest BCUT2D eigenvalue weighted by Crippen LogP contribution is -2.45. The van der Waals surface area contributed by atoms with E-state index >= 15 is 0 Å². The molecular formula is C15H18FNO3. The second-order valence-electron chi connectivity index (χ2n) is 5.27. The summed E-state index contributed by atoms with van der Waals surface area (Å²) >= 11 is 0. The highest BCUT2D eigenvalue weighted by molar-refractivity contribution is 5.96. The summed E-state index contributed by atoms with van der Waals surface area (Å²) in [5, 5.41) is 0. The summed E-state index contributed by atoms with van der Waals surface area (Å²) in [6, 6.07) is 9.02. The number of nitrogens with zero attached hydrogens (tertiary/aromatic N) is 1. The van der Waals surface area contributed by atoms with Crippen molar-refractivity contribution in [1.29, 1.82) is 0 Å². The Bertz CT molecular complexity index is 489. The Kier molecular flexibility index (Phi) is 4.37. The van der Waals surface area contributed by atoms with E-state index in [1.54, 1.807) is 13.8 Å². The van der Waals surface area contributed by atoms with E-state index in [0.717, 1.165) is 10.5 Å². The number of carbonyl (C=O) groups is 2. The van der Waals surface area contributed by atoms with Crippen LogP contribution in [0.1, 0.15) is 19.4 Å². The zero-order valence-electron chi connectivity index (χ0n) is 11.6. The number of amides is 2. The van der Waals surface area contributed by atoms with Crippen molar-refractivity contribution in [3.63, 3.8) is 0 Å². The molecule has 2 atom stereocenters. The molecule has 1 aromatic rings. The summed E-state index contributed by atoms with van der Waals surface area (Å²) in [5.74, 6) is -1.27. The molecule has 108 valence electrons. The maximum absolute atomic E-state index is 13.9. The number of hydrogen-bond donors (Lipinski definition) is 0. The normalized spacial score (nSPS) is 20.1. The molecular weight excluding hydrogens is 261 g/mol. The Balaban J connectivity index is 2.13. The first-order valence-electron chi connectivity index (χ1n) is 6.68. The van der Waals surface area contributed by atoms with Gasteiger partial charge in [-0.2, -0.15) is 0 Å². The van der Waals surface area contributed by atoms with Gasteiger partial charge in [0.15, 0.2) is 6.17 Å². The van der Waals surface area contributed by atoms with E-state index in [1.165, 1.54) is 0 Å². The number of ether oxygens (including phenoxy) is 1. The Morgan fingerprint density at radius 3 is 2.65 bits per heavy atom. The average Bonchev–Trinajstić information content (AvgIpc) is 2.79. The highest BCUT2D eigenvalue weighted by atomic mass is 19.1.